The lowest BCUT2D eigenvalue weighted by Gasteiger charge is -2.24. The number of fused-ring (bicyclic) bond motifs is 1. The van der Waals surface area contributed by atoms with Crippen LogP contribution in [0.3, 0.4) is 0 Å². The highest BCUT2D eigenvalue weighted by Gasteiger charge is 2.14. The number of rotatable bonds is 5. The molecule has 2 aromatic carbocycles. The number of oxazole rings is 1. The van der Waals surface area contributed by atoms with Crippen molar-refractivity contribution in [2.45, 2.75) is 6.04 Å². The Hall–Kier alpha value is -2.33. The van der Waals surface area contributed by atoms with Crippen LogP contribution in [0.1, 0.15) is 11.6 Å². The minimum absolute atomic E-state index is 0.265. The SMILES string of the molecule is CN(C)C(CNc1nc2ccccc2o1)c1ccccc1. The largest absolute Gasteiger partial charge is 0.424 e. The maximum absolute atomic E-state index is 5.69. The fourth-order valence-electron chi connectivity index (χ4n) is 2.41. The molecule has 0 bridgehead atoms. The van der Waals surface area contributed by atoms with E-state index in [1.807, 2.05) is 30.3 Å². The van der Waals surface area contributed by atoms with Gasteiger partial charge in [0.1, 0.15) is 5.52 Å². The molecule has 3 aromatic rings. The van der Waals surface area contributed by atoms with Gasteiger partial charge in [0.2, 0.25) is 0 Å². The highest BCUT2D eigenvalue weighted by atomic mass is 16.4. The van der Waals surface area contributed by atoms with Crippen molar-refractivity contribution >= 4 is 17.1 Å². The summed E-state index contributed by atoms with van der Waals surface area (Å²) >= 11 is 0. The monoisotopic (exact) mass is 281 g/mol. The molecule has 1 heterocycles. The molecule has 0 saturated heterocycles. The second-order valence-corrected chi connectivity index (χ2v) is 5.26. The first-order valence-corrected chi connectivity index (χ1v) is 7.05. The number of hydrogen-bond acceptors (Lipinski definition) is 4. The summed E-state index contributed by atoms with van der Waals surface area (Å²) < 4.78 is 5.69. The Balaban J connectivity index is 1.75. The van der Waals surface area contributed by atoms with E-state index in [-0.39, 0.29) is 6.04 Å². The van der Waals surface area contributed by atoms with Gasteiger partial charge in [-0.3, -0.25) is 0 Å². The van der Waals surface area contributed by atoms with Crippen molar-refractivity contribution < 1.29 is 4.42 Å². The number of likely N-dealkylation sites (N-methyl/N-ethyl adjacent to an activating group) is 1. The fraction of sp³-hybridized carbons (Fsp3) is 0.235. The second kappa shape index (κ2) is 5.97. The van der Waals surface area contributed by atoms with Crippen LogP contribution in [0.25, 0.3) is 11.1 Å². The number of anilines is 1. The quantitative estimate of drug-likeness (QED) is 0.776. The lowest BCUT2D eigenvalue weighted by atomic mass is 10.1. The van der Waals surface area contributed by atoms with Gasteiger partial charge in [-0.05, 0) is 31.8 Å². The number of nitrogens with one attached hydrogen (secondary N) is 1. The molecule has 0 radical (unpaired) electrons. The molecule has 108 valence electrons. The first-order valence-electron chi connectivity index (χ1n) is 7.05. The van der Waals surface area contributed by atoms with Gasteiger partial charge in [-0.1, -0.05) is 42.5 Å². The summed E-state index contributed by atoms with van der Waals surface area (Å²) in [6, 6.07) is 19.0. The third-order valence-electron chi connectivity index (χ3n) is 3.55. The van der Waals surface area contributed by atoms with Crippen molar-refractivity contribution in [1.82, 2.24) is 9.88 Å². The third kappa shape index (κ3) is 3.06. The van der Waals surface area contributed by atoms with Crippen LogP contribution in [0, 0.1) is 0 Å². The van der Waals surface area contributed by atoms with Gasteiger partial charge < -0.3 is 14.6 Å². The van der Waals surface area contributed by atoms with E-state index >= 15 is 0 Å². The van der Waals surface area contributed by atoms with Crippen molar-refractivity contribution in [3.05, 3.63) is 60.2 Å². The lowest BCUT2D eigenvalue weighted by Crippen LogP contribution is -2.26. The molecule has 4 heteroatoms. The predicted octanol–water partition coefficient (Wildman–Crippen LogP) is 3.54. The standard InChI is InChI=1S/C17H19N3O/c1-20(2)15(13-8-4-3-5-9-13)12-18-17-19-14-10-6-7-11-16(14)21-17/h3-11,15H,12H2,1-2H3,(H,18,19). The maximum Gasteiger partial charge on any atom is 0.295 e. The first kappa shape index (κ1) is 13.6. The van der Waals surface area contributed by atoms with Gasteiger partial charge in [-0.2, -0.15) is 4.98 Å². The number of hydrogen-bond donors (Lipinski definition) is 1. The highest BCUT2D eigenvalue weighted by molar-refractivity contribution is 5.74. The number of para-hydroxylation sites is 2. The Bertz CT molecular complexity index is 673. The van der Waals surface area contributed by atoms with E-state index in [1.54, 1.807) is 0 Å². The summed E-state index contributed by atoms with van der Waals surface area (Å²) in [6.07, 6.45) is 0. The van der Waals surface area contributed by atoms with Crippen molar-refractivity contribution in [3.63, 3.8) is 0 Å². The molecule has 0 fully saturated rings. The molecule has 0 spiro atoms. The zero-order valence-corrected chi connectivity index (χ0v) is 12.3. The van der Waals surface area contributed by atoms with Gasteiger partial charge >= 0.3 is 0 Å². The summed E-state index contributed by atoms with van der Waals surface area (Å²) in [5, 5.41) is 3.29. The molecule has 21 heavy (non-hydrogen) atoms. The average Bonchev–Trinajstić information content (AvgIpc) is 2.91. The van der Waals surface area contributed by atoms with Crippen molar-refractivity contribution in [1.29, 1.82) is 0 Å². The fourth-order valence-corrected chi connectivity index (χ4v) is 2.41. The van der Waals surface area contributed by atoms with Crippen LogP contribution in [0.2, 0.25) is 0 Å². The number of benzene rings is 2. The second-order valence-electron chi connectivity index (χ2n) is 5.26. The zero-order chi connectivity index (χ0) is 14.7. The van der Waals surface area contributed by atoms with Gasteiger partial charge in [0.15, 0.2) is 5.58 Å². The molecule has 0 aliphatic rings. The predicted molar refractivity (Wildman–Crippen MR) is 85.4 cm³/mol. The molecule has 1 atom stereocenters. The van der Waals surface area contributed by atoms with E-state index in [2.05, 4.69) is 53.6 Å². The number of aromatic nitrogens is 1. The Labute approximate surface area is 124 Å². The van der Waals surface area contributed by atoms with Gasteiger partial charge in [0, 0.05) is 6.54 Å². The van der Waals surface area contributed by atoms with Crippen LogP contribution < -0.4 is 5.32 Å². The van der Waals surface area contributed by atoms with E-state index < -0.39 is 0 Å². The molecule has 4 nitrogen and oxygen atoms in total. The topological polar surface area (TPSA) is 41.3 Å². The lowest BCUT2D eigenvalue weighted by molar-refractivity contribution is 0.310. The highest BCUT2D eigenvalue weighted by Crippen LogP contribution is 2.21. The Kier molecular flexibility index (Phi) is 3.88. The molecule has 0 aliphatic heterocycles. The summed E-state index contributed by atoms with van der Waals surface area (Å²) in [5.41, 5.74) is 2.95. The molecule has 1 aromatic heterocycles. The van der Waals surface area contributed by atoms with Crippen LogP contribution in [-0.2, 0) is 0 Å². The Morgan fingerprint density at radius 3 is 2.48 bits per heavy atom. The molecule has 1 unspecified atom stereocenters. The normalized spacial score (nSPS) is 12.7. The molecule has 1 N–H and O–H groups in total. The Morgan fingerprint density at radius 1 is 1.05 bits per heavy atom. The molecule has 0 saturated carbocycles. The van der Waals surface area contributed by atoms with E-state index in [0.29, 0.717) is 6.01 Å². The van der Waals surface area contributed by atoms with Crippen LogP contribution in [0.15, 0.2) is 59.0 Å². The maximum atomic E-state index is 5.69. The van der Waals surface area contributed by atoms with Crippen molar-refractivity contribution in [2.75, 3.05) is 26.0 Å². The third-order valence-corrected chi connectivity index (χ3v) is 3.55. The minimum Gasteiger partial charge on any atom is -0.424 e. The van der Waals surface area contributed by atoms with Gasteiger partial charge in [0.25, 0.3) is 6.01 Å². The molecule has 0 aliphatic carbocycles. The molecule has 0 amide bonds. The summed E-state index contributed by atoms with van der Waals surface area (Å²) in [7, 11) is 4.15. The van der Waals surface area contributed by atoms with E-state index in [4.69, 9.17) is 4.42 Å². The Morgan fingerprint density at radius 2 is 1.76 bits per heavy atom. The van der Waals surface area contributed by atoms with Crippen molar-refractivity contribution in [3.8, 4) is 0 Å². The smallest absolute Gasteiger partial charge is 0.295 e. The molecule has 3 rings (SSSR count). The molecular weight excluding hydrogens is 262 g/mol. The number of nitrogens with zero attached hydrogens (tertiary/aromatic N) is 2. The van der Waals surface area contributed by atoms with Gasteiger partial charge in [-0.25, -0.2) is 0 Å². The zero-order valence-electron chi connectivity index (χ0n) is 12.3. The van der Waals surface area contributed by atoms with E-state index in [0.717, 1.165) is 17.6 Å². The molecular formula is C17H19N3O. The van der Waals surface area contributed by atoms with Crippen LogP contribution >= 0.6 is 0 Å². The van der Waals surface area contributed by atoms with Crippen LogP contribution in [0.4, 0.5) is 6.01 Å². The van der Waals surface area contributed by atoms with Crippen molar-refractivity contribution in [2.24, 2.45) is 0 Å². The van der Waals surface area contributed by atoms with E-state index in [1.165, 1.54) is 5.56 Å². The summed E-state index contributed by atoms with van der Waals surface area (Å²) in [5.74, 6) is 0. The summed E-state index contributed by atoms with van der Waals surface area (Å²) in [4.78, 5) is 6.63. The average molecular weight is 281 g/mol. The van der Waals surface area contributed by atoms with Gasteiger partial charge in [-0.15, -0.1) is 0 Å². The summed E-state index contributed by atoms with van der Waals surface area (Å²) in [6.45, 7) is 0.740. The first-order chi connectivity index (χ1) is 10.2. The van der Waals surface area contributed by atoms with Gasteiger partial charge in [0.05, 0.1) is 6.04 Å². The van der Waals surface area contributed by atoms with Crippen LogP contribution in [-0.4, -0.2) is 30.5 Å². The van der Waals surface area contributed by atoms with Crippen LogP contribution in [0.5, 0.6) is 0 Å². The van der Waals surface area contributed by atoms with E-state index in [9.17, 15) is 0 Å². The minimum atomic E-state index is 0.265.